The summed E-state index contributed by atoms with van der Waals surface area (Å²) in [5.41, 5.74) is 1.22. The monoisotopic (exact) mass is 291 g/mol. The Kier molecular flexibility index (Phi) is 3.85. The van der Waals surface area contributed by atoms with Gasteiger partial charge in [0.15, 0.2) is 0 Å². The van der Waals surface area contributed by atoms with Gasteiger partial charge in [0.25, 0.3) is 5.69 Å². The minimum absolute atomic E-state index is 0.00384. The number of nitrogen functional groups attached to an aromatic ring is 1. The van der Waals surface area contributed by atoms with Gasteiger partial charge < -0.3 is 14.6 Å². The van der Waals surface area contributed by atoms with Crippen molar-refractivity contribution in [2.75, 3.05) is 5.43 Å². The fraction of sp³-hybridized carbons (Fsp3) is 0.167. The number of rotatable bonds is 4. The average Bonchev–Trinajstić information content (AvgIpc) is 2.47. The summed E-state index contributed by atoms with van der Waals surface area (Å²) in [7, 11) is 1.47. The second kappa shape index (κ2) is 5.59. The Bertz CT molecular complexity index is 808. The molecule has 0 amide bonds. The maximum absolute atomic E-state index is 11.9. The van der Waals surface area contributed by atoms with Gasteiger partial charge in [-0.3, -0.25) is 25.5 Å². The van der Waals surface area contributed by atoms with E-state index in [-0.39, 0.29) is 17.9 Å². The third-order valence-corrected chi connectivity index (χ3v) is 3.04. The number of nitrogens with zero attached hydrogens (tertiary/aromatic N) is 3. The van der Waals surface area contributed by atoms with Crippen LogP contribution in [0.3, 0.4) is 0 Å². The van der Waals surface area contributed by atoms with Crippen molar-refractivity contribution in [2.24, 2.45) is 12.9 Å². The summed E-state index contributed by atoms with van der Waals surface area (Å²) in [6.07, 6.45) is 2.87. The zero-order valence-electron chi connectivity index (χ0n) is 11.1. The number of para-hydroxylation sites is 1. The number of aromatic nitrogens is 2. The van der Waals surface area contributed by atoms with Crippen molar-refractivity contribution >= 4 is 11.4 Å². The van der Waals surface area contributed by atoms with E-state index in [2.05, 4.69) is 5.43 Å². The van der Waals surface area contributed by atoms with Gasteiger partial charge >= 0.3 is 11.1 Å². The molecule has 0 saturated heterocycles. The van der Waals surface area contributed by atoms with Crippen molar-refractivity contribution in [3.63, 3.8) is 0 Å². The first-order valence-corrected chi connectivity index (χ1v) is 5.94. The zero-order valence-corrected chi connectivity index (χ0v) is 11.1. The molecule has 3 N–H and O–H groups in total. The van der Waals surface area contributed by atoms with Crippen LogP contribution in [0.25, 0.3) is 0 Å². The number of nitrogens with two attached hydrogens (primary N) is 1. The molecular formula is C12H13N5O4. The molecule has 2 rings (SSSR count). The van der Waals surface area contributed by atoms with Crippen LogP contribution < -0.4 is 22.4 Å². The highest BCUT2D eigenvalue weighted by molar-refractivity contribution is 5.65. The predicted molar refractivity (Wildman–Crippen MR) is 76.0 cm³/mol. The quantitative estimate of drug-likeness (QED) is 0.347. The van der Waals surface area contributed by atoms with Crippen LogP contribution in [0.5, 0.6) is 0 Å². The Labute approximate surface area is 118 Å². The molecule has 0 saturated carbocycles. The Morgan fingerprint density at radius 1 is 1.29 bits per heavy atom. The lowest BCUT2D eigenvalue weighted by molar-refractivity contribution is -0.384. The minimum Gasteiger partial charge on any atom is -0.318 e. The van der Waals surface area contributed by atoms with Crippen molar-refractivity contribution in [3.05, 3.63) is 67.0 Å². The summed E-state index contributed by atoms with van der Waals surface area (Å²) in [6.45, 7) is -0.00384. The number of anilines is 1. The highest BCUT2D eigenvalue weighted by Crippen LogP contribution is 2.27. The molecule has 1 heterocycles. The number of nitro groups is 1. The van der Waals surface area contributed by atoms with Gasteiger partial charge in [0, 0.05) is 31.1 Å². The van der Waals surface area contributed by atoms with Gasteiger partial charge in [-0.1, -0.05) is 12.1 Å². The first-order chi connectivity index (χ1) is 9.95. The lowest BCUT2D eigenvalue weighted by Gasteiger charge is -2.11. The Morgan fingerprint density at radius 2 is 2.00 bits per heavy atom. The van der Waals surface area contributed by atoms with E-state index < -0.39 is 16.0 Å². The Morgan fingerprint density at radius 3 is 2.62 bits per heavy atom. The van der Waals surface area contributed by atoms with Crippen LogP contribution in [0.2, 0.25) is 0 Å². The summed E-state index contributed by atoms with van der Waals surface area (Å²) in [5, 5.41) is 10.9. The number of aryl methyl sites for hydroxylation is 1. The molecule has 2 aromatic rings. The van der Waals surface area contributed by atoms with E-state index in [1.165, 1.54) is 36.1 Å². The minimum atomic E-state index is -0.713. The molecule has 1 aromatic heterocycles. The Hall–Kier alpha value is -2.94. The molecule has 1 aromatic carbocycles. The molecule has 0 radical (unpaired) electrons. The SMILES string of the molecule is Cn1ccn(Cc2cccc([N+](=O)[O-])c2NN)c(=O)c1=O. The number of hydrogen-bond donors (Lipinski definition) is 2. The smallest absolute Gasteiger partial charge is 0.316 e. The highest BCUT2D eigenvalue weighted by atomic mass is 16.6. The fourth-order valence-corrected chi connectivity index (χ4v) is 1.93. The molecule has 0 aliphatic heterocycles. The summed E-state index contributed by atoms with van der Waals surface area (Å²) in [4.78, 5) is 33.8. The second-order valence-electron chi connectivity index (χ2n) is 4.36. The number of hydrogen-bond acceptors (Lipinski definition) is 6. The van der Waals surface area contributed by atoms with E-state index in [9.17, 15) is 19.7 Å². The number of nitro benzene ring substituents is 1. The van der Waals surface area contributed by atoms with E-state index >= 15 is 0 Å². The van der Waals surface area contributed by atoms with Gasteiger partial charge in [-0.25, -0.2) is 0 Å². The summed E-state index contributed by atoms with van der Waals surface area (Å²) in [5.74, 6) is 5.33. The highest BCUT2D eigenvalue weighted by Gasteiger charge is 2.17. The summed E-state index contributed by atoms with van der Waals surface area (Å²) >= 11 is 0. The molecule has 0 fully saturated rings. The van der Waals surface area contributed by atoms with Crippen molar-refractivity contribution < 1.29 is 4.92 Å². The second-order valence-corrected chi connectivity index (χ2v) is 4.36. The maximum atomic E-state index is 11.9. The van der Waals surface area contributed by atoms with Crippen LogP contribution in [0, 0.1) is 10.1 Å². The van der Waals surface area contributed by atoms with Crippen molar-refractivity contribution in [3.8, 4) is 0 Å². The van der Waals surface area contributed by atoms with Crippen LogP contribution >= 0.6 is 0 Å². The molecule has 0 aliphatic carbocycles. The van der Waals surface area contributed by atoms with E-state index in [1.807, 2.05) is 0 Å². The molecule has 9 nitrogen and oxygen atoms in total. The molecule has 21 heavy (non-hydrogen) atoms. The molecule has 0 atom stereocenters. The number of hydrazine groups is 1. The van der Waals surface area contributed by atoms with Gasteiger partial charge in [0.05, 0.1) is 11.5 Å². The Balaban J connectivity index is 2.53. The molecule has 9 heteroatoms. The molecule has 0 aliphatic rings. The van der Waals surface area contributed by atoms with E-state index in [4.69, 9.17) is 5.84 Å². The molecule has 0 bridgehead atoms. The third-order valence-electron chi connectivity index (χ3n) is 3.04. The van der Waals surface area contributed by atoms with Crippen molar-refractivity contribution in [2.45, 2.75) is 6.54 Å². The maximum Gasteiger partial charge on any atom is 0.316 e. The first-order valence-electron chi connectivity index (χ1n) is 5.94. The average molecular weight is 291 g/mol. The lowest BCUT2D eigenvalue weighted by atomic mass is 10.1. The van der Waals surface area contributed by atoms with E-state index in [0.29, 0.717) is 5.56 Å². The van der Waals surface area contributed by atoms with Gasteiger partial charge in [-0.05, 0) is 0 Å². The first kappa shape index (κ1) is 14.5. The standard InChI is InChI=1S/C12H13N5O4/c1-15-5-6-16(12(19)11(15)18)7-8-3-2-4-9(17(20)21)10(8)14-13/h2-6,14H,7,13H2,1H3. The normalized spacial score (nSPS) is 10.4. The zero-order chi connectivity index (χ0) is 15.6. The van der Waals surface area contributed by atoms with Crippen molar-refractivity contribution in [1.29, 1.82) is 0 Å². The third kappa shape index (κ3) is 2.67. The van der Waals surface area contributed by atoms with Crippen LogP contribution in [0.15, 0.2) is 40.2 Å². The topological polar surface area (TPSA) is 125 Å². The van der Waals surface area contributed by atoms with Gasteiger partial charge in [-0.2, -0.15) is 0 Å². The fourth-order valence-electron chi connectivity index (χ4n) is 1.93. The largest absolute Gasteiger partial charge is 0.318 e. The van der Waals surface area contributed by atoms with E-state index in [1.54, 1.807) is 6.07 Å². The molecular weight excluding hydrogens is 278 g/mol. The molecule has 0 spiro atoms. The number of nitrogens with one attached hydrogen (secondary N) is 1. The lowest BCUT2D eigenvalue weighted by Crippen LogP contribution is -2.39. The van der Waals surface area contributed by atoms with E-state index in [0.717, 1.165) is 4.57 Å². The van der Waals surface area contributed by atoms with Gasteiger partial charge in [-0.15, -0.1) is 0 Å². The van der Waals surface area contributed by atoms with Gasteiger partial charge in [0.1, 0.15) is 5.69 Å². The van der Waals surface area contributed by atoms with Crippen LogP contribution in [0.4, 0.5) is 11.4 Å². The van der Waals surface area contributed by atoms with Crippen LogP contribution in [-0.4, -0.2) is 14.1 Å². The van der Waals surface area contributed by atoms with Crippen molar-refractivity contribution in [1.82, 2.24) is 9.13 Å². The molecule has 110 valence electrons. The predicted octanol–water partition coefficient (Wildman–Crippen LogP) is -0.211. The number of benzene rings is 1. The summed E-state index contributed by atoms with van der Waals surface area (Å²) in [6, 6.07) is 4.37. The van der Waals surface area contributed by atoms with Gasteiger partial charge in [0.2, 0.25) is 0 Å². The van der Waals surface area contributed by atoms with Crippen LogP contribution in [-0.2, 0) is 13.6 Å². The van der Waals surface area contributed by atoms with Crippen LogP contribution in [0.1, 0.15) is 5.56 Å². The summed E-state index contributed by atoms with van der Waals surface area (Å²) < 4.78 is 2.33. The molecule has 0 unspecified atom stereocenters.